The quantitative estimate of drug-likeness (QED) is 0.134. The molecule has 0 fully saturated rings. The molecule has 0 bridgehead atoms. The maximum absolute atomic E-state index is 14.9. The van der Waals surface area contributed by atoms with Crippen LogP contribution in [0.15, 0.2) is 303 Å². The third-order valence-corrected chi connectivity index (χ3v) is 17.1. The second-order valence-corrected chi connectivity index (χ2v) is 21.9. The van der Waals surface area contributed by atoms with Gasteiger partial charge in [0.15, 0.2) is 0 Å². The summed E-state index contributed by atoms with van der Waals surface area (Å²) in [6, 6.07) is 107. The monoisotopic (exact) mass is 1080 g/mol. The number of halogens is 2. The summed E-state index contributed by atoms with van der Waals surface area (Å²) in [6.07, 6.45) is 0. The van der Waals surface area contributed by atoms with Crippen molar-refractivity contribution in [2.24, 2.45) is 0 Å². The molecule has 2 aliphatic rings. The number of anilines is 6. The maximum atomic E-state index is 14.9. The minimum absolute atomic E-state index is 0.159. The standard InChI is InChI=1S/C78H50BF2N3/c80-62-43-61(44-63(81)50-62)66-25-13-15-27-71(66)84-72-28-16-14-26-67(72)68-45-57(33-40-73(68)84)60-48-76-78-77(49-60)83(65-38-31-56(32-39-65)52-19-7-2-8-20-52)75-42-35-59(54-23-11-4-12-24-54)47-70(75)79(78)69-46-58(53-21-9-3-10-22-53)34-41-74(69)82(76)64-36-29-55(30-37-64)51-17-5-1-6-18-51/h1-50H. The van der Waals surface area contributed by atoms with Crippen LogP contribution in [0.3, 0.4) is 0 Å². The summed E-state index contributed by atoms with van der Waals surface area (Å²) in [4.78, 5) is 4.99. The van der Waals surface area contributed by atoms with Crippen molar-refractivity contribution >= 4 is 79.0 Å². The van der Waals surface area contributed by atoms with Crippen LogP contribution in [0.25, 0.3) is 94.3 Å². The molecule has 1 aromatic heterocycles. The zero-order valence-electron chi connectivity index (χ0n) is 45.5. The molecule has 16 rings (SSSR count). The van der Waals surface area contributed by atoms with Crippen LogP contribution >= 0.6 is 0 Å². The van der Waals surface area contributed by atoms with Gasteiger partial charge in [0.05, 0.1) is 16.7 Å². The van der Waals surface area contributed by atoms with Crippen LogP contribution in [-0.4, -0.2) is 11.3 Å². The van der Waals surface area contributed by atoms with Gasteiger partial charge in [0, 0.05) is 56.5 Å². The Morgan fingerprint density at radius 2 is 0.655 bits per heavy atom. The molecule has 3 nitrogen and oxygen atoms in total. The molecule has 6 heteroatoms. The summed E-state index contributed by atoms with van der Waals surface area (Å²) in [6.45, 7) is -0.159. The van der Waals surface area contributed by atoms with Gasteiger partial charge in [0.2, 0.25) is 0 Å². The summed E-state index contributed by atoms with van der Waals surface area (Å²) < 4.78 is 32.1. The third-order valence-electron chi connectivity index (χ3n) is 17.1. The van der Waals surface area contributed by atoms with Crippen LogP contribution in [0.2, 0.25) is 0 Å². The van der Waals surface area contributed by atoms with Crippen LogP contribution < -0.4 is 26.2 Å². The van der Waals surface area contributed by atoms with E-state index in [0.717, 1.165) is 129 Å². The second-order valence-electron chi connectivity index (χ2n) is 21.9. The molecule has 0 radical (unpaired) electrons. The van der Waals surface area contributed by atoms with E-state index >= 15 is 0 Å². The van der Waals surface area contributed by atoms with E-state index in [2.05, 4.69) is 275 Å². The van der Waals surface area contributed by atoms with Gasteiger partial charge in [-0.1, -0.05) is 212 Å². The number of fused-ring (bicyclic) bond motifs is 7. The van der Waals surface area contributed by atoms with Crippen molar-refractivity contribution in [3.8, 4) is 72.4 Å². The Kier molecular flexibility index (Phi) is 11.7. The highest BCUT2D eigenvalue weighted by atomic mass is 19.1. The Balaban J connectivity index is 0.968. The summed E-state index contributed by atoms with van der Waals surface area (Å²) in [5.41, 5.74) is 25.6. The van der Waals surface area contributed by atoms with Gasteiger partial charge in [-0.15, -0.1) is 0 Å². The topological polar surface area (TPSA) is 11.4 Å². The summed E-state index contributed by atoms with van der Waals surface area (Å²) in [5, 5.41) is 2.13. The molecule has 0 saturated carbocycles. The van der Waals surface area contributed by atoms with Crippen molar-refractivity contribution in [2.75, 3.05) is 9.80 Å². The van der Waals surface area contributed by atoms with Crippen LogP contribution in [0.5, 0.6) is 0 Å². The van der Waals surface area contributed by atoms with Crippen LogP contribution in [0.1, 0.15) is 0 Å². The van der Waals surface area contributed by atoms with Crippen molar-refractivity contribution in [1.82, 2.24) is 4.57 Å². The van der Waals surface area contributed by atoms with Gasteiger partial charge in [-0.2, -0.15) is 0 Å². The number of para-hydroxylation sites is 2. The van der Waals surface area contributed by atoms with Gasteiger partial charge >= 0.3 is 0 Å². The molecule has 0 atom stereocenters. The Hall–Kier alpha value is -10.8. The van der Waals surface area contributed by atoms with E-state index in [0.29, 0.717) is 5.56 Å². The lowest BCUT2D eigenvalue weighted by Gasteiger charge is -2.44. The number of hydrogen-bond acceptors (Lipinski definition) is 2. The lowest BCUT2D eigenvalue weighted by molar-refractivity contribution is 0.584. The lowest BCUT2D eigenvalue weighted by atomic mass is 9.33. The van der Waals surface area contributed by atoms with Gasteiger partial charge in [0.25, 0.3) is 6.71 Å². The SMILES string of the molecule is Fc1cc(F)cc(-c2ccccc2-n2c3ccccc3c3cc(-c4cc5c6c(c4)N(c4ccc(-c7ccccc7)cc4)c4ccc(-c7ccccc7)cc4B6c4cc(-c6ccccc6)ccc4N5c4ccc(-c5ccccc5)cc4)ccc32)c1. The molecule has 13 aromatic carbocycles. The summed E-state index contributed by atoms with van der Waals surface area (Å²) in [7, 11) is 0. The molecule has 394 valence electrons. The van der Waals surface area contributed by atoms with Gasteiger partial charge in [-0.05, 0) is 163 Å². The van der Waals surface area contributed by atoms with Gasteiger partial charge < -0.3 is 14.4 Å². The van der Waals surface area contributed by atoms with E-state index in [4.69, 9.17) is 0 Å². The first-order valence-corrected chi connectivity index (χ1v) is 28.5. The zero-order chi connectivity index (χ0) is 55.8. The van der Waals surface area contributed by atoms with Gasteiger partial charge in [-0.25, -0.2) is 8.78 Å². The minimum atomic E-state index is -0.617. The molecule has 0 unspecified atom stereocenters. The van der Waals surface area contributed by atoms with Crippen molar-refractivity contribution in [2.45, 2.75) is 0 Å². The predicted molar refractivity (Wildman–Crippen MR) is 347 cm³/mol. The molecule has 0 N–H and O–H groups in total. The highest BCUT2D eigenvalue weighted by Gasteiger charge is 2.44. The number of hydrogen-bond donors (Lipinski definition) is 0. The zero-order valence-corrected chi connectivity index (χ0v) is 45.5. The van der Waals surface area contributed by atoms with E-state index in [1.807, 2.05) is 24.3 Å². The molecule has 0 amide bonds. The first-order valence-electron chi connectivity index (χ1n) is 28.5. The third kappa shape index (κ3) is 8.25. The molecule has 84 heavy (non-hydrogen) atoms. The van der Waals surface area contributed by atoms with E-state index in [-0.39, 0.29) is 6.71 Å². The van der Waals surface area contributed by atoms with E-state index in [1.165, 1.54) is 28.5 Å². The smallest absolute Gasteiger partial charge is 0.252 e. The normalized spacial score (nSPS) is 12.3. The second kappa shape index (κ2) is 20.0. The molecular weight excluding hydrogens is 1030 g/mol. The van der Waals surface area contributed by atoms with Gasteiger partial charge in [-0.3, -0.25) is 0 Å². The van der Waals surface area contributed by atoms with E-state index in [1.54, 1.807) is 0 Å². The van der Waals surface area contributed by atoms with Crippen molar-refractivity contribution < 1.29 is 8.78 Å². The number of aromatic nitrogens is 1. The first kappa shape index (κ1) is 49.0. The highest BCUT2D eigenvalue weighted by molar-refractivity contribution is 7.00. The molecule has 0 aliphatic carbocycles. The van der Waals surface area contributed by atoms with Crippen LogP contribution in [-0.2, 0) is 0 Å². The number of benzene rings is 13. The van der Waals surface area contributed by atoms with Crippen molar-refractivity contribution in [3.05, 3.63) is 315 Å². The summed E-state index contributed by atoms with van der Waals surface area (Å²) in [5.74, 6) is -1.23. The molecule has 14 aromatic rings. The average molecular weight is 1080 g/mol. The Morgan fingerprint density at radius 1 is 0.250 bits per heavy atom. The first-order chi connectivity index (χ1) is 41.5. The predicted octanol–water partition coefficient (Wildman–Crippen LogP) is 19.1. The highest BCUT2D eigenvalue weighted by Crippen LogP contribution is 2.48. The Bertz CT molecular complexity index is 4630. The number of rotatable bonds is 9. The number of nitrogens with zero attached hydrogens (tertiary/aromatic N) is 3. The van der Waals surface area contributed by atoms with Gasteiger partial charge in [0.1, 0.15) is 11.6 Å². The molecule has 3 heterocycles. The lowest BCUT2D eigenvalue weighted by Crippen LogP contribution is -2.61. The van der Waals surface area contributed by atoms with Crippen LogP contribution in [0.4, 0.5) is 42.9 Å². The molecular formula is C78H50BF2N3. The maximum Gasteiger partial charge on any atom is 0.252 e. The molecule has 2 aliphatic heterocycles. The molecule has 0 spiro atoms. The summed E-state index contributed by atoms with van der Waals surface area (Å²) >= 11 is 0. The largest absolute Gasteiger partial charge is 0.311 e. The fourth-order valence-corrected chi connectivity index (χ4v) is 13.3. The fourth-order valence-electron chi connectivity index (χ4n) is 13.3. The minimum Gasteiger partial charge on any atom is -0.311 e. The van der Waals surface area contributed by atoms with Crippen molar-refractivity contribution in [1.29, 1.82) is 0 Å². The average Bonchev–Trinajstić information content (AvgIpc) is 1.34. The van der Waals surface area contributed by atoms with Crippen LogP contribution in [0, 0.1) is 11.6 Å². The van der Waals surface area contributed by atoms with E-state index in [9.17, 15) is 8.78 Å². The Labute approximate surface area is 487 Å². The fraction of sp³-hybridized carbons (Fsp3) is 0. The van der Waals surface area contributed by atoms with E-state index < -0.39 is 11.6 Å². The molecule has 0 saturated heterocycles. The Morgan fingerprint density at radius 3 is 1.18 bits per heavy atom. The van der Waals surface area contributed by atoms with Crippen molar-refractivity contribution in [3.63, 3.8) is 0 Å².